The zero-order chi connectivity index (χ0) is 19.2. The number of hydrogen-bond acceptors (Lipinski definition) is 4. The maximum absolute atomic E-state index is 12.4. The molecular formula is C21H26N3O2S+. The van der Waals surface area contributed by atoms with Crippen LogP contribution in [0.15, 0.2) is 53.4 Å². The fourth-order valence-electron chi connectivity index (χ4n) is 3.33. The van der Waals surface area contributed by atoms with Gasteiger partial charge in [0.25, 0.3) is 5.91 Å². The lowest BCUT2D eigenvalue weighted by molar-refractivity contribution is -0.892. The highest BCUT2D eigenvalue weighted by molar-refractivity contribution is 7.98. The van der Waals surface area contributed by atoms with Crippen molar-refractivity contribution in [3.8, 4) is 0 Å². The summed E-state index contributed by atoms with van der Waals surface area (Å²) >= 11 is 1.63. The Balaban J connectivity index is 1.50. The summed E-state index contributed by atoms with van der Waals surface area (Å²) in [4.78, 5) is 28.5. The number of nitrogens with zero attached hydrogens (tertiary/aromatic N) is 1. The van der Waals surface area contributed by atoms with Crippen molar-refractivity contribution in [1.29, 1.82) is 0 Å². The van der Waals surface area contributed by atoms with E-state index >= 15 is 0 Å². The molecule has 1 aliphatic rings. The Morgan fingerprint density at radius 2 is 1.74 bits per heavy atom. The van der Waals surface area contributed by atoms with Gasteiger partial charge in [-0.1, -0.05) is 12.1 Å². The van der Waals surface area contributed by atoms with E-state index in [1.54, 1.807) is 18.7 Å². The van der Waals surface area contributed by atoms with Crippen LogP contribution < -0.4 is 15.1 Å². The Morgan fingerprint density at radius 1 is 1.07 bits per heavy atom. The van der Waals surface area contributed by atoms with Gasteiger partial charge in [0.05, 0.1) is 31.9 Å². The molecule has 0 unspecified atom stereocenters. The number of para-hydroxylation sites is 1. The highest BCUT2D eigenvalue weighted by atomic mass is 32.2. The number of amides is 1. The van der Waals surface area contributed by atoms with Crippen molar-refractivity contribution in [2.75, 3.05) is 49.2 Å². The first-order chi connectivity index (χ1) is 13.1. The molecule has 0 spiro atoms. The molecule has 1 aliphatic heterocycles. The lowest BCUT2D eigenvalue weighted by atomic mass is 10.1. The SMILES string of the molecule is CSc1ccccc1NC(=O)C[NH+]1CCN(c2ccc(C(C)=O)cc2)CC1. The highest BCUT2D eigenvalue weighted by Gasteiger charge is 2.22. The number of Topliss-reactive ketones (excluding diaryl/α,β-unsaturated/α-hetero) is 1. The first kappa shape index (κ1) is 19.5. The quantitative estimate of drug-likeness (QED) is 0.591. The van der Waals surface area contributed by atoms with Crippen LogP contribution >= 0.6 is 11.8 Å². The van der Waals surface area contributed by atoms with Gasteiger partial charge in [0.2, 0.25) is 0 Å². The number of hydrogen-bond donors (Lipinski definition) is 2. The Labute approximate surface area is 164 Å². The van der Waals surface area contributed by atoms with Crippen molar-refractivity contribution in [3.05, 3.63) is 54.1 Å². The summed E-state index contributed by atoms with van der Waals surface area (Å²) < 4.78 is 0. The van der Waals surface area contributed by atoms with Crippen molar-refractivity contribution < 1.29 is 14.5 Å². The van der Waals surface area contributed by atoms with Gasteiger partial charge in [-0.3, -0.25) is 9.59 Å². The molecule has 0 saturated carbocycles. The molecule has 3 rings (SSSR count). The van der Waals surface area contributed by atoms with Crippen LogP contribution in [0.4, 0.5) is 11.4 Å². The fourth-order valence-corrected chi connectivity index (χ4v) is 3.89. The second-order valence-electron chi connectivity index (χ2n) is 6.77. The predicted molar refractivity (Wildman–Crippen MR) is 111 cm³/mol. The molecule has 2 N–H and O–H groups in total. The molecule has 142 valence electrons. The van der Waals surface area contributed by atoms with Gasteiger partial charge in [-0.05, 0) is 49.6 Å². The van der Waals surface area contributed by atoms with E-state index in [-0.39, 0.29) is 11.7 Å². The monoisotopic (exact) mass is 384 g/mol. The molecule has 0 radical (unpaired) electrons. The van der Waals surface area contributed by atoms with Gasteiger partial charge < -0.3 is 15.1 Å². The van der Waals surface area contributed by atoms with Gasteiger partial charge >= 0.3 is 0 Å². The van der Waals surface area contributed by atoms with Crippen LogP contribution in [-0.2, 0) is 4.79 Å². The normalized spacial score (nSPS) is 14.8. The maximum Gasteiger partial charge on any atom is 0.279 e. The standard InChI is InChI=1S/C21H25N3O2S/c1-16(25)17-7-9-18(10-8-17)24-13-11-23(12-14-24)15-21(26)22-19-5-3-4-6-20(19)27-2/h3-10H,11-15H2,1-2H3,(H,22,26)/p+1. The van der Waals surface area contributed by atoms with Gasteiger partial charge in [0.15, 0.2) is 12.3 Å². The third-order valence-electron chi connectivity index (χ3n) is 4.90. The van der Waals surface area contributed by atoms with E-state index in [0.29, 0.717) is 6.54 Å². The minimum absolute atomic E-state index is 0.0609. The lowest BCUT2D eigenvalue weighted by Gasteiger charge is -2.33. The summed E-state index contributed by atoms with van der Waals surface area (Å²) in [5.74, 6) is 0.149. The lowest BCUT2D eigenvalue weighted by Crippen LogP contribution is -3.15. The summed E-state index contributed by atoms with van der Waals surface area (Å²) in [6.45, 7) is 5.73. The van der Waals surface area contributed by atoms with E-state index in [0.717, 1.165) is 48.0 Å². The number of rotatable bonds is 6. The van der Waals surface area contributed by atoms with E-state index in [9.17, 15) is 9.59 Å². The average Bonchev–Trinajstić information content (AvgIpc) is 2.69. The molecule has 1 heterocycles. The Morgan fingerprint density at radius 3 is 2.37 bits per heavy atom. The summed E-state index contributed by atoms with van der Waals surface area (Å²) in [5.41, 5.74) is 2.77. The van der Waals surface area contributed by atoms with Gasteiger partial charge in [-0.15, -0.1) is 11.8 Å². The van der Waals surface area contributed by atoms with Crippen molar-refractivity contribution >= 4 is 34.8 Å². The zero-order valence-electron chi connectivity index (χ0n) is 15.8. The van der Waals surface area contributed by atoms with Crippen molar-refractivity contribution in [2.24, 2.45) is 0 Å². The number of thioether (sulfide) groups is 1. The first-order valence-electron chi connectivity index (χ1n) is 9.19. The number of anilines is 2. The van der Waals surface area contributed by atoms with Crippen LogP contribution in [0.2, 0.25) is 0 Å². The Bertz CT molecular complexity index is 799. The topological polar surface area (TPSA) is 53.9 Å². The van der Waals surface area contributed by atoms with Crippen molar-refractivity contribution in [1.82, 2.24) is 0 Å². The molecule has 0 atom stereocenters. The van der Waals surface area contributed by atoms with Crippen molar-refractivity contribution in [2.45, 2.75) is 11.8 Å². The van der Waals surface area contributed by atoms with Crippen LogP contribution in [0.1, 0.15) is 17.3 Å². The van der Waals surface area contributed by atoms with E-state index in [4.69, 9.17) is 0 Å². The van der Waals surface area contributed by atoms with Crippen LogP contribution in [0.3, 0.4) is 0 Å². The van der Waals surface area contributed by atoms with E-state index < -0.39 is 0 Å². The van der Waals surface area contributed by atoms with Crippen molar-refractivity contribution in [3.63, 3.8) is 0 Å². The van der Waals surface area contributed by atoms with Gasteiger partial charge in [0, 0.05) is 16.1 Å². The molecule has 0 bridgehead atoms. The smallest absolute Gasteiger partial charge is 0.279 e. The molecule has 2 aromatic carbocycles. The Hall–Kier alpha value is -2.31. The minimum atomic E-state index is 0.0609. The average molecular weight is 385 g/mol. The van der Waals surface area contributed by atoms with Crippen LogP contribution in [0, 0.1) is 0 Å². The molecule has 2 aromatic rings. The molecule has 5 nitrogen and oxygen atoms in total. The highest BCUT2D eigenvalue weighted by Crippen LogP contribution is 2.24. The molecular weight excluding hydrogens is 358 g/mol. The maximum atomic E-state index is 12.4. The van der Waals surface area contributed by atoms with E-state index in [2.05, 4.69) is 10.2 Å². The third-order valence-corrected chi connectivity index (χ3v) is 5.70. The number of carbonyl (C=O) groups excluding carboxylic acids is 2. The predicted octanol–water partition coefficient (Wildman–Crippen LogP) is 1.95. The summed E-state index contributed by atoms with van der Waals surface area (Å²) in [5, 5.41) is 3.04. The van der Waals surface area contributed by atoms with Gasteiger partial charge in [-0.2, -0.15) is 0 Å². The molecule has 0 aromatic heterocycles. The van der Waals surface area contributed by atoms with Gasteiger partial charge in [0.1, 0.15) is 0 Å². The van der Waals surface area contributed by atoms with E-state index in [1.807, 2.05) is 54.8 Å². The Kier molecular flexibility index (Phi) is 6.53. The number of piperazine rings is 1. The molecule has 27 heavy (non-hydrogen) atoms. The zero-order valence-corrected chi connectivity index (χ0v) is 16.6. The summed E-state index contributed by atoms with van der Waals surface area (Å²) in [6, 6.07) is 15.7. The fraction of sp³-hybridized carbons (Fsp3) is 0.333. The second-order valence-corrected chi connectivity index (χ2v) is 7.61. The minimum Gasteiger partial charge on any atom is -0.360 e. The number of benzene rings is 2. The second kappa shape index (κ2) is 9.06. The molecule has 1 fully saturated rings. The molecule has 0 aliphatic carbocycles. The largest absolute Gasteiger partial charge is 0.360 e. The first-order valence-corrected chi connectivity index (χ1v) is 10.4. The van der Waals surface area contributed by atoms with Crippen LogP contribution in [0.25, 0.3) is 0 Å². The summed E-state index contributed by atoms with van der Waals surface area (Å²) in [7, 11) is 0. The molecule has 1 amide bonds. The molecule has 6 heteroatoms. The van der Waals surface area contributed by atoms with Crippen LogP contribution in [-0.4, -0.2) is 50.7 Å². The number of nitrogens with one attached hydrogen (secondary N) is 2. The number of carbonyl (C=O) groups is 2. The number of quaternary nitrogens is 1. The van der Waals surface area contributed by atoms with Gasteiger partial charge in [-0.25, -0.2) is 0 Å². The summed E-state index contributed by atoms with van der Waals surface area (Å²) in [6.07, 6.45) is 2.01. The molecule has 1 saturated heterocycles. The third kappa shape index (κ3) is 5.11. The number of ketones is 1. The van der Waals surface area contributed by atoms with Crippen LogP contribution in [0.5, 0.6) is 0 Å². The van der Waals surface area contributed by atoms with E-state index in [1.165, 1.54) is 4.90 Å².